The van der Waals surface area contributed by atoms with Gasteiger partial charge in [0.05, 0.1) is 12.7 Å². The summed E-state index contributed by atoms with van der Waals surface area (Å²) in [7, 11) is 0. The van der Waals surface area contributed by atoms with E-state index in [1.165, 1.54) is 16.3 Å². The number of nitrogens with one attached hydrogen (secondary N) is 2. The molecule has 1 aliphatic rings. The van der Waals surface area contributed by atoms with Crippen LogP contribution in [-0.4, -0.2) is 29.7 Å². The summed E-state index contributed by atoms with van der Waals surface area (Å²) >= 11 is 0. The molecular formula is C15H16ClN3O. The minimum atomic E-state index is 0. The number of ether oxygens (including phenoxy) is 1. The minimum absolute atomic E-state index is 0. The van der Waals surface area contributed by atoms with Crippen molar-refractivity contribution in [1.82, 2.24) is 15.3 Å². The molecule has 0 aliphatic carbocycles. The lowest BCUT2D eigenvalue weighted by Gasteiger charge is -2.24. The average molecular weight is 290 g/mol. The fourth-order valence-corrected chi connectivity index (χ4v) is 2.72. The van der Waals surface area contributed by atoms with Crippen molar-refractivity contribution in [2.24, 2.45) is 0 Å². The Bertz CT molecular complexity index is 734. The number of nitrogens with zero attached hydrogens (tertiary/aromatic N) is 1. The molecule has 1 unspecified atom stereocenters. The number of hydrogen-bond acceptors (Lipinski definition) is 3. The van der Waals surface area contributed by atoms with Crippen LogP contribution in [-0.2, 0) is 4.74 Å². The molecule has 1 aromatic carbocycles. The molecule has 1 aliphatic heterocycles. The molecule has 20 heavy (non-hydrogen) atoms. The predicted molar refractivity (Wildman–Crippen MR) is 82.4 cm³/mol. The number of aromatic amines is 1. The topological polar surface area (TPSA) is 49.9 Å². The van der Waals surface area contributed by atoms with E-state index in [1.807, 2.05) is 12.3 Å². The Morgan fingerprint density at radius 2 is 2.15 bits per heavy atom. The third-order valence-corrected chi connectivity index (χ3v) is 3.69. The molecule has 0 amide bonds. The van der Waals surface area contributed by atoms with Crippen molar-refractivity contribution in [1.29, 1.82) is 0 Å². The SMILES string of the molecule is Cl.c1cnc2[nH]c3ccc(C4CNCCO4)cc3c2c1. The molecule has 104 valence electrons. The molecule has 0 saturated carbocycles. The first kappa shape index (κ1) is 13.4. The third-order valence-electron chi connectivity index (χ3n) is 3.69. The Morgan fingerprint density at radius 1 is 1.20 bits per heavy atom. The van der Waals surface area contributed by atoms with Crippen molar-refractivity contribution >= 4 is 34.3 Å². The summed E-state index contributed by atoms with van der Waals surface area (Å²) in [5.74, 6) is 0. The lowest BCUT2D eigenvalue weighted by Crippen LogP contribution is -2.33. The maximum Gasteiger partial charge on any atom is 0.138 e. The van der Waals surface area contributed by atoms with Crippen molar-refractivity contribution in [2.45, 2.75) is 6.10 Å². The van der Waals surface area contributed by atoms with E-state index in [9.17, 15) is 0 Å². The zero-order valence-electron chi connectivity index (χ0n) is 10.9. The average Bonchev–Trinajstić information content (AvgIpc) is 2.86. The summed E-state index contributed by atoms with van der Waals surface area (Å²) < 4.78 is 5.81. The predicted octanol–water partition coefficient (Wildman–Crippen LogP) is 2.80. The Balaban J connectivity index is 0.00000121. The number of aromatic nitrogens is 2. The Hall–Kier alpha value is -1.62. The number of halogens is 1. The normalized spacial score (nSPS) is 19.1. The van der Waals surface area contributed by atoms with Crippen molar-refractivity contribution in [2.75, 3.05) is 19.7 Å². The summed E-state index contributed by atoms with van der Waals surface area (Å²) in [4.78, 5) is 7.70. The van der Waals surface area contributed by atoms with Gasteiger partial charge in [-0.2, -0.15) is 0 Å². The van der Waals surface area contributed by atoms with E-state index >= 15 is 0 Å². The van der Waals surface area contributed by atoms with Gasteiger partial charge in [-0.05, 0) is 29.8 Å². The summed E-state index contributed by atoms with van der Waals surface area (Å²) in [5, 5.41) is 5.75. The first-order chi connectivity index (χ1) is 9.42. The van der Waals surface area contributed by atoms with Gasteiger partial charge in [-0.15, -0.1) is 12.4 Å². The van der Waals surface area contributed by atoms with Crippen molar-refractivity contribution in [3.63, 3.8) is 0 Å². The van der Waals surface area contributed by atoms with Gasteiger partial charge in [-0.3, -0.25) is 0 Å². The first-order valence-electron chi connectivity index (χ1n) is 6.60. The summed E-state index contributed by atoms with van der Waals surface area (Å²) in [6.45, 7) is 2.60. The fraction of sp³-hybridized carbons (Fsp3) is 0.267. The van der Waals surface area contributed by atoms with Crippen LogP contribution in [0.25, 0.3) is 21.9 Å². The van der Waals surface area contributed by atoms with Crippen LogP contribution in [0.1, 0.15) is 11.7 Å². The second-order valence-electron chi connectivity index (χ2n) is 4.89. The van der Waals surface area contributed by atoms with E-state index in [-0.39, 0.29) is 18.5 Å². The van der Waals surface area contributed by atoms with Crippen LogP contribution in [0, 0.1) is 0 Å². The van der Waals surface area contributed by atoms with E-state index in [1.54, 1.807) is 0 Å². The van der Waals surface area contributed by atoms with E-state index in [2.05, 4.69) is 39.6 Å². The fourth-order valence-electron chi connectivity index (χ4n) is 2.72. The third kappa shape index (κ3) is 2.16. The second kappa shape index (κ2) is 5.40. The van der Waals surface area contributed by atoms with Gasteiger partial charge in [0.15, 0.2) is 0 Å². The van der Waals surface area contributed by atoms with Crippen LogP contribution in [0.3, 0.4) is 0 Å². The zero-order chi connectivity index (χ0) is 12.7. The van der Waals surface area contributed by atoms with Crippen LogP contribution < -0.4 is 5.32 Å². The molecule has 0 radical (unpaired) electrons. The van der Waals surface area contributed by atoms with Crippen LogP contribution in [0.2, 0.25) is 0 Å². The van der Waals surface area contributed by atoms with Gasteiger partial charge >= 0.3 is 0 Å². The molecule has 0 bridgehead atoms. The first-order valence-corrected chi connectivity index (χ1v) is 6.60. The highest BCUT2D eigenvalue weighted by atomic mass is 35.5. The van der Waals surface area contributed by atoms with Gasteiger partial charge in [-0.25, -0.2) is 4.98 Å². The molecule has 2 N–H and O–H groups in total. The van der Waals surface area contributed by atoms with Crippen molar-refractivity contribution in [3.8, 4) is 0 Å². The van der Waals surface area contributed by atoms with Gasteiger partial charge in [0.1, 0.15) is 5.65 Å². The molecule has 3 aromatic rings. The monoisotopic (exact) mass is 289 g/mol. The number of hydrogen-bond donors (Lipinski definition) is 2. The number of pyridine rings is 1. The highest BCUT2D eigenvalue weighted by Gasteiger charge is 2.16. The minimum Gasteiger partial charge on any atom is -0.371 e. The number of morpholine rings is 1. The molecular weight excluding hydrogens is 274 g/mol. The molecule has 1 atom stereocenters. The van der Waals surface area contributed by atoms with Crippen molar-refractivity contribution < 1.29 is 4.74 Å². The van der Waals surface area contributed by atoms with Gasteiger partial charge in [-0.1, -0.05) is 6.07 Å². The summed E-state index contributed by atoms with van der Waals surface area (Å²) in [6, 6.07) is 10.5. The van der Waals surface area contributed by atoms with Crippen LogP contribution in [0.5, 0.6) is 0 Å². The number of fused-ring (bicyclic) bond motifs is 3. The van der Waals surface area contributed by atoms with Gasteiger partial charge < -0.3 is 15.0 Å². The summed E-state index contributed by atoms with van der Waals surface area (Å²) in [5.41, 5.74) is 3.29. The smallest absolute Gasteiger partial charge is 0.138 e. The van der Waals surface area contributed by atoms with E-state index in [4.69, 9.17) is 4.74 Å². The van der Waals surface area contributed by atoms with Crippen LogP contribution >= 0.6 is 12.4 Å². The largest absolute Gasteiger partial charge is 0.371 e. The second-order valence-corrected chi connectivity index (χ2v) is 4.89. The summed E-state index contributed by atoms with van der Waals surface area (Å²) in [6.07, 6.45) is 1.96. The number of benzene rings is 1. The Kier molecular flexibility index (Phi) is 3.61. The number of H-pyrrole nitrogens is 1. The molecule has 5 heteroatoms. The lowest BCUT2D eigenvalue weighted by molar-refractivity contribution is 0.0278. The molecule has 1 saturated heterocycles. The zero-order valence-corrected chi connectivity index (χ0v) is 11.7. The van der Waals surface area contributed by atoms with E-state index in [0.717, 1.165) is 30.9 Å². The number of rotatable bonds is 1. The maximum atomic E-state index is 5.81. The molecule has 0 spiro atoms. The van der Waals surface area contributed by atoms with Crippen molar-refractivity contribution in [3.05, 3.63) is 42.1 Å². The maximum absolute atomic E-state index is 5.81. The molecule has 1 fully saturated rings. The van der Waals surface area contributed by atoms with E-state index < -0.39 is 0 Å². The standard InChI is InChI=1S/C15H15N3O.ClH/c1-2-11-12-8-10(14-9-16-6-7-19-14)3-4-13(12)18-15(11)17-5-1;/h1-5,8,14,16H,6-7,9H2,(H,17,18);1H. The van der Waals surface area contributed by atoms with Gasteiger partial charge in [0, 0.05) is 35.6 Å². The molecule has 3 heterocycles. The molecule has 2 aromatic heterocycles. The van der Waals surface area contributed by atoms with E-state index in [0.29, 0.717) is 0 Å². The molecule has 4 rings (SSSR count). The Morgan fingerprint density at radius 3 is 3.00 bits per heavy atom. The highest BCUT2D eigenvalue weighted by Crippen LogP contribution is 2.28. The quantitative estimate of drug-likeness (QED) is 0.724. The van der Waals surface area contributed by atoms with Gasteiger partial charge in [0.2, 0.25) is 0 Å². The Labute approximate surface area is 122 Å². The van der Waals surface area contributed by atoms with Crippen LogP contribution in [0.4, 0.5) is 0 Å². The van der Waals surface area contributed by atoms with Crippen LogP contribution in [0.15, 0.2) is 36.5 Å². The highest BCUT2D eigenvalue weighted by molar-refractivity contribution is 6.05. The lowest BCUT2D eigenvalue weighted by atomic mass is 10.0. The molecule has 4 nitrogen and oxygen atoms in total. The van der Waals surface area contributed by atoms with Gasteiger partial charge in [0.25, 0.3) is 0 Å².